The molecule has 8 nitrogen and oxygen atoms in total. The van der Waals surface area contributed by atoms with Crippen molar-refractivity contribution in [3.8, 4) is 6.01 Å². The Morgan fingerprint density at radius 3 is 2.38 bits per heavy atom. The number of carbonyl (C=O) groups is 1. The molecule has 1 aromatic rings. The molecule has 2 heterocycles. The summed E-state index contributed by atoms with van der Waals surface area (Å²) in [5.74, 6) is -0.244. The van der Waals surface area contributed by atoms with Gasteiger partial charge in [-0.1, -0.05) is 0 Å². The molecule has 0 atom stereocenters. The summed E-state index contributed by atoms with van der Waals surface area (Å²) in [4.78, 5) is 22.0. The molecular formula is C12H18N4O4S. The first-order chi connectivity index (χ1) is 9.81. The van der Waals surface area contributed by atoms with Crippen molar-refractivity contribution in [2.45, 2.75) is 6.92 Å². The summed E-state index contributed by atoms with van der Waals surface area (Å²) in [5.41, 5.74) is 0.895. The van der Waals surface area contributed by atoms with E-state index in [0.717, 1.165) is 0 Å². The lowest BCUT2D eigenvalue weighted by Crippen LogP contribution is -2.50. The second kappa shape index (κ2) is 5.94. The fraction of sp³-hybridized carbons (Fsp3) is 0.583. The first kappa shape index (κ1) is 15.6. The highest BCUT2D eigenvalue weighted by atomic mass is 32.2. The number of rotatable bonds is 3. The van der Waals surface area contributed by atoms with E-state index in [2.05, 4.69) is 9.97 Å². The van der Waals surface area contributed by atoms with Crippen molar-refractivity contribution in [2.24, 2.45) is 0 Å². The number of aryl methyl sites for hydroxylation is 1. The van der Waals surface area contributed by atoms with Gasteiger partial charge in [-0.3, -0.25) is 4.79 Å². The van der Waals surface area contributed by atoms with Crippen LogP contribution in [0.25, 0.3) is 0 Å². The third-order valence-corrected chi connectivity index (χ3v) is 4.53. The van der Waals surface area contributed by atoms with Crippen LogP contribution in [0.5, 0.6) is 6.01 Å². The summed E-state index contributed by atoms with van der Waals surface area (Å²) >= 11 is 0. The van der Waals surface area contributed by atoms with Gasteiger partial charge >= 0.3 is 6.01 Å². The highest BCUT2D eigenvalue weighted by Gasteiger charge is 2.27. The van der Waals surface area contributed by atoms with E-state index in [1.54, 1.807) is 17.9 Å². The standard InChI is InChI=1S/C12H18N4O4S/c1-9-8-10(14-12(13-9)20-2)11(17)15-4-6-16(7-5-15)21(3,18)19/h8H,4-7H2,1-3H3. The number of ether oxygens (including phenoxy) is 1. The van der Waals surface area contributed by atoms with Gasteiger partial charge < -0.3 is 9.64 Å². The first-order valence-corrected chi connectivity index (χ1v) is 8.30. The summed E-state index contributed by atoms with van der Waals surface area (Å²) in [6.07, 6.45) is 1.17. The highest BCUT2D eigenvalue weighted by molar-refractivity contribution is 7.88. The average molecular weight is 314 g/mol. The molecule has 0 bridgehead atoms. The van der Waals surface area contributed by atoms with Gasteiger partial charge in [-0.25, -0.2) is 13.4 Å². The van der Waals surface area contributed by atoms with Gasteiger partial charge in [0, 0.05) is 31.9 Å². The van der Waals surface area contributed by atoms with Crippen LogP contribution in [0.15, 0.2) is 6.07 Å². The number of methoxy groups -OCH3 is 1. The van der Waals surface area contributed by atoms with Crippen molar-refractivity contribution in [3.63, 3.8) is 0 Å². The molecule has 1 aliphatic heterocycles. The molecule has 116 valence electrons. The van der Waals surface area contributed by atoms with Gasteiger partial charge in [0.2, 0.25) is 10.0 Å². The maximum atomic E-state index is 12.4. The number of hydrogen-bond acceptors (Lipinski definition) is 6. The molecule has 0 N–H and O–H groups in total. The molecule has 1 fully saturated rings. The van der Waals surface area contributed by atoms with Gasteiger partial charge in [-0.2, -0.15) is 9.29 Å². The number of aromatic nitrogens is 2. The van der Waals surface area contributed by atoms with Crippen molar-refractivity contribution < 1.29 is 17.9 Å². The highest BCUT2D eigenvalue weighted by Crippen LogP contribution is 2.12. The Balaban J connectivity index is 2.10. The predicted octanol–water partition coefficient (Wildman–Crippen LogP) is -0.489. The number of nitrogens with zero attached hydrogens (tertiary/aromatic N) is 4. The fourth-order valence-corrected chi connectivity index (χ4v) is 2.95. The Labute approximate surface area is 123 Å². The topological polar surface area (TPSA) is 92.7 Å². The molecule has 1 amide bonds. The molecule has 0 aromatic carbocycles. The largest absolute Gasteiger partial charge is 0.467 e. The molecule has 2 rings (SSSR count). The van der Waals surface area contributed by atoms with Gasteiger partial charge in [0.25, 0.3) is 5.91 Å². The van der Waals surface area contributed by atoms with Crippen LogP contribution in [0.1, 0.15) is 16.2 Å². The van der Waals surface area contributed by atoms with Crippen molar-refractivity contribution in [1.29, 1.82) is 0 Å². The van der Waals surface area contributed by atoms with E-state index in [1.807, 2.05) is 0 Å². The molecule has 1 aliphatic rings. The first-order valence-electron chi connectivity index (χ1n) is 6.45. The van der Waals surface area contributed by atoms with E-state index < -0.39 is 10.0 Å². The van der Waals surface area contributed by atoms with Crippen LogP contribution in [0.2, 0.25) is 0 Å². The number of carbonyl (C=O) groups excluding carboxylic acids is 1. The molecule has 0 spiro atoms. The van der Waals surface area contributed by atoms with Crippen LogP contribution in [-0.4, -0.2) is 73.0 Å². The van der Waals surface area contributed by atoms with E-state index in [1.165, 1.54) is 17.7 Å². The molecule has 0 radical (unpaired) electrons. The van der Waals surface area contributed by atoms with E-state index in [-0.39, 0.29) is 17.6 Å². The molecule has 0 unspecified atom stereocenters. The summed E-state index contributed by atoms with van der Waals surface area (Å²) in [6, 6.07) is 1.74. The normalized spacial score (nSPS) is 16.8. The zero-order valence-corrected chi connectivity index (χ0v) is 13.1. The zero-order valence-electron chi connectivity index (χ0n) is 12.2. The van der Waals surface area contributed by atoms with E-state index in [0.29, 0.717) is 31.9 Å². The molecule has 0 aliphatic carbocycles. The van der Waals surface area contributed by atoms with Crippen LogP contribution < -0.4 is 4.74 Å². The Kier molecular flexibility index (Phi) is 4.43. The van der Waals surface area contributed by atoms with Crippen LogP contribution >= 0.6 is 0 Å². The average Bonchev–Trinajstić information content (AvgIpc) is 2.45. The van der Waals surface area contributed by atoms with Crippen molar-refractivity contribution in [2.75, 3.05) is 39.5 Å². The molecule has 1 aromatic heterocycles. The van der Waals surface area contributed by atoms with Crippen LogP contribution in [-0.2, 0) is 10.0 Å². The van der Waals surface area contributed by atoms with E-state index in [9.17, 15) is 13.2 Å². The van der Waals surface area contributed by atoms with Gasteiger partial charge in [-0.05, 0) is 13.0 Å². The summed E-state index contributed by atoms with van der Waals surface area (Å²) < 4.78 is 29.2. The number of sulfonamides is 1. The second-order valence-corrected chi connectivity index (χ2v) is 6.82. The lowest BCUT2D eigenvalue weighted by Gasteiger charge is -2.33. The van der Waals surface area contributed by atoms with E-state index in [4.69, 9.17) is 4.74 Å². The number of hydrogen-bond donors (Lipinski definition) is 0. The SMILES string of the molecule is COc1nc(C)cc(C(=O)N2CCN(S(C)(=O)=O)CC2)n1. The van der Waals surface area contributed by atoms with Crippen LogP contribution in [0.4, 0.5) is 0 Å². The number of piperazine rings is 1. The number of amides is 1. The third kappa shape index (κ3) is 3.67. The lowest BCUT2D eigenvalue weighted by molar-refractivity contribution is 0.0691. The quantitative estimate of drug-likeness (QED) is 0.747. The van der Waals surface area contributed by atoms with E-state index >= 15 is 0 Å². The minimum Gasteiger partial charge on any atom is -0.467 e. The van der Waals surface area contributed by atoms with Crippen LogP contribution in [0, 0.1) is 6.92 Å². The Morgan fingerprint density at radius 1 is 1.24 bits per heavy atom. The van der Waals surface area contributed by atoms with Crippen LogP contribution in [0.3, 0.4) is 0 Å². The van der Waals surface area contributed by atoms with Gasteiger partial charge in [0.05, 0.1) is 13.4 Å². The third-order valence-electron chi connectivity index (χ3n) is 3.23. The van der Waals surface area contributed by atoms with Crippen molar-refractivity contribution >= 4 is 15.9 Å². The monoisotopic (exact) mass is 314 g/mol. The molecule has 1 saturated heterocycles. The Morgan fingerprint density at radius 2 is 1.86 bits per heavy atom. The minimum absolute atomic E-state index is 0.146. The smallest absolute Gasteiger partial charge is 0.317 e. The summed E-state index contributed by atoms with van der Waals surface area (Å²) in [6.45, 7) is 3.04. The predicted molar refractivity (Wildman–Crippen MR) is 75.6 cm³/mol. The molecular weight excluding hydrogens is 296 g/mol. The Bertz CT molecular complexity index is 639. The maximum Gasteiger partial charge on any atom is 0.317 e. The maximum absolute atomic E-state index is 12.4. The molecule has 21 heavy (non-hydrogen) atoms. The zero-order chi connectivity index (χ0) is 15.6. The molecule has 9 heteroatoms. The Hall–Kier alpha value is -1.74. The summed E-state index contributed by atoms with van der Waals surface area (Å²) in [7, 11) is -1.77. The molecule has 0 saturated carbocycles. The second-order valence-electron chi connectivity index (χ2n) is 4.84. The van der Waals surface area contributed by atoms with Crippen molar-refractivity contribution in [1.82, 2.24) is 19.2 Å². The lowest BCUT2D eigenvalue weighted by atomic mass is 10.2. The summed E-state index contributed by atoms with van der Waals surface area (Å²) in [5, 5.41) is 0. The van der Waals surface area contributed by atoms with Gasteiger partial charge in [0.1, 0.15) is 5.69 Å². The minimum atomic E-state index is -3.21. The fourth-order valence-electron chi connectivity index (χ4n) is 2.13. The van der Waals surface area contributed by atoms with Crippen molar-refractivity contribution in [3.05, 3.63) is 17.5 Å². The van der Waals surface area contributed by atoms with Gasteiger partial charge in [0.15, 0.2) is 0 Å². The van der Waals surface area contributed by atoms with Gasteiger partial charge in [-0.15, -0.1) is 0 Å².